The second-order valence-corrected chi connectivity index (χ2v) is 7.49. The molecule has 1 fully saturated rings. The maximum absolute atomic E-state index is 12.4. The van der Waals surface area contributed by atoms with Gasteiger partial charge in [0.15, 0.2) is 6.61 Å². The number of likely N-dealkylation sites (tertiary alicyclic amines) is 1. The fourth-order valence-corrected chi connectivity index (χ4v) is 3.75. The molecule has 6 nitrogen and oxygen atoms in total. The molecule has 0 radical (unpaired) electrons. The zero-order valence-electron chi connectivity index (χ0n) is 16.0. The van der Waals surface area contributed by atoms with Crippen molar-refractivity contribution in [3.63, 3.8) is 0 Å². The number of carbonyl (C=O) groups excluding carboxylic acids is 2. The molecule has 0 atom stereocenters. The lowest BCUT2D eigenvalue weighted by atomic mass is 9.96. The Labute approximate surface area is 169 Å². The van der Waals surface area contributed by atoms with Gasteiger partial charge in [0.05, 0.1) is 5.56 Å². The van der Waals surface area contributed by atoms with Crippen molar-refractivity contribution in [2.45, 2.75) is 17.9 Å². The number of nitrogens with one attached hydrogen (secondary N) is 1. The lowest BCUT2D eigenvalue weighted by Crippen LogP contribution is -2.43. The maximum Gasteiger partial charge on any atom is 0.260 e. The van der Waals surface area contributed by atoms with Crippen LogP contribution in [0.4, 0.5) is 0 Å². The SMILES string of the molecule is CSc1ncccc1C(=O)NCC1CCN(C(=O)COc2ccccc2)CC1. The molecule has 0 saturated carbocycles. The second-order valence-electron chi connectivity index (χ2n) is 6.70. The molecule has 0 bridgehead atoms. The van der Waals surface area contributed by atoms with Crippen molar-refractivity contribution >= 4 is 23.6 Å². The van der Waals surface area contributed by atoms with Crippen LogP contribution >= 0.6 is 11.8 Å². The fourth-order valence-electron chi connectivity index (χ4n) is 3.20. The minimum atomic E-state index is -0.0905. The Morgan fingerprint density at radius 1 is 1.18 bits per heavy atom. The minimum absolute atomic E-state index is 0.00584. The van der Waals surface area contributed by atoms with E-state index in [4.69, 9.17) is 4.74 Å². The fraction of sp³-hybridized carbons (Fsp3) is 0.381. The molecule has 1 aromatic carbocycles. The Bertz CT molecular complexity index is 792. The number of hydrogen-bond donors (Lipinski definition) is 1. The third-order valence-corrected chi connectivity index (χ3v) is 5.55. The number of pyridine rings is 1. The lowest BCUT2D eigenvalue weighted by molar-refractivity contribution is -0.134. The average Bonchev–Trinajstić information content (AvgIpc) is 2.76. The number of piperidine rings is 1. The predicted octanol–water partition coefficient (Wildman–Crippen LogP) is 2.85. The van der Waals surface area contributed by atoms with Crippen LogP contribution in [0.15, 0.2) is 53.7 Å². The van der Waals surface area contributed by atoms with Crippen LogP contribution in [0.1, 0.15) is 23.2 Å². The molecule has 28 heavy (non-hydrogen) atoms. The van der Waals surface area contributed by atoms with E-state index in [1.54, 1.807) is 18.3 Å². The first-order valence-corrected chi connectivity index (χ1v) is 10.6. The zero-order valence-corrected chi connectivity index (χ0v) is 16.8. The van der Waals surface area contributed by atoms with E-state index >= 15 is 0 Å². The molecule has 1 aliphatic rings. The van der Waals surface area contributed by atoms with Crippen LogP contribution in [0.3, 0.4) is 0 Å². The standard InChI is InChI=1S/C21H25N3O3S/c1-28-21-18(8-5-11-22-21)20(26)23-14-16-9-12-24(13-10-16)19(25)15-27-17-6-3-2-4-7-17/h2-8,11,16H,9-10,12-15H2,1H3,(H,23,26). The van der Waals surface area contributed by atoms with Gasteiger partial charge in [-0.25, -0.2) is 4.98 Å². The first-order chi connectivity index (χ1) is 13.7. The summed E-state index contributed by atoms with van der Waals surface area (Å²) >= 11 is 1.46. The maximum atomic E-state index is 12.4. The number of carbonyl (C=O) groups is 2. The molecule has 1 N–H and O–H groups in total. The van der Waals surface area contributed by atoms with Gasteiger partial charge < -0.3 is 15.0 Å². The van der Waals surface area contributed by atoms with Gasteiger partial charge in [-0.15, -0.1) is 11.8 Å². The summed E-state index contributed by atoms with van der Waals surface area (Å²) in [6, 6.07) is 12.9. The Hall–Kier alpha value is -2.54. The molecule has 1 aliphatic heterocycles. The average molecular weight is 400 g/mol. The van der Waals surface area contributed by atoms with Crippen molar-refractivity contribution < 1.29 is 14.3 Å². The molecule has 1 saturated heterocycles. The summed E-state index contributed by atoms with van der Waals surface area (Å²) in [6.45, 7) is 2.06. The summed E-state index contributed by atoms with van der Waals surface area (Å²) < 4.78 is 5.54. The van der Waals surface area contributed by atoms with Gasteiger partial charge in [-0.05, 0) is 49.3 Å². The number of thioether (sulfide) groups is 1. The molecular formula is C21H25N3O3S. The lowest BCUT2D eigenvalue weighted by Gasteiger charge is -2.32. The number of ether oxygens (including phenoxy) is 1. The number of aromatic nitrogens is 1. The number of rotatable bonds is 7. The van der Waals surface area contributed by atoms with E-state index in [0.29, 0.717) is 36.9 Å². The summed E-state index contributed by atoms with van der Waals surface area (Å²) in [6.07, 6.45) is 5.35. The van der Waals surface area contributed by atoms with E-state index in [9.17, 15) is 9.59 Å². The first-order valence-electron chi connectivity index (χ1n) is 9.40. The summed E-state index contributed by atoms with van der Waals surface area (Å²) in [5.74, 6) is 0.990. The van der Waals surface area contributed by atoms with E-state index in [2.05, 4.69) is 10.3 Å². The molecular weight excluding hydrogens is 374 g/mol. The Morgan fingerprint density at radius 2 is 1.93 bits per heavy atom. The topological polar surface area (TPSA) is 71.5 Å². The summed E-state index contributed by atoms with van der Waals surface area (Å²) in [7, 11) is 0. The Morgan fingerprint density at radius 3 is 2.64 bits per heavy atom. The van der Waals surface area contributed by atoms with E-state index in [-0.39, 0.29) is 18.4 Å². The van der Waals surface area contributed by atoms with Crippen LogP contribution in [0, 0.1) is 5.92 Å². The number of hydrogen-bond acceptors (Lipinski definition) is 5. The van der Waals surface area contributed by atoms with E-state index in [1.165, 1.54) is 11.8 Å². The highest BCUT2D eigenvalue weighted by Crippen LogP contribution is 2.19. The molecule has 7 heteroatoms. The third kappa shape index (κ3) is 5.48. The van der Waals surface area contributed by atoms with Crippen molar-refractivity contribution in [2.75, 3.05) is 32.5 Å². The highest BCUT2D eigenvalue weighted by molar-refractivity contribution is 7.98. The third-order valence-electron chi connectivity index (χ3n) is 4.83. The number of para-hydroxylation sites is 1. The van der Waals surface area contributed by atoms with Crippen LogP contribution in [0.5, 0.6) is 5.75 Å². The van der Waals surface area contributed by atoms with Crippen LogP contribution in [-0.2, 0) is 4.79 Å². The number of benzene rings is 1. The van der Waals surface area contributed by atoms with Crippen molar-refractivity contribution in [3.8, 4) is 5.75 Å². The largest absolute Gasteiger partial charge is 0.484 e. The van der Waals surface area contributed by atoms with Gasteiger partial charge in [0.1, 0.15) is 10.8 Å². The minimum Gasteiger partial charge on any atom is -0.484 e. The molecule has 2 amide bonds. The quantitative estimate of drug-likeness (QED) is 0.725. The Kier molecular flexibility index (Phi) is 7.31. The number of amides is 2. The molecule has 148 valence electrons. The van der Waals surface area contributed by atoms with Gasteiger partial charge >= 0.3 is 0 Å². The second kappa shape index (κ2) is 10.1. The van der Waals surface area contributed by atoms with Gasteiger partial charge in [0, 0.05) is 25.8 Å². The Balaban J connectivity index is 1.40. The van der Waals surface area contributed by atoms with Crippen LogP contribution in [-0.4, -0.2) is 54.2 Å². The monoisotopic (exact) mass is 399 g/mol. The van der Waals surface area contributed by atoms with Gasteiger partial charge in [-0.3, -0.25) is 9.59 Å². The van der Waals surface area contributed by atoms with Crippen LogP contribution < -0.4 is 10.1 Å². The molecule has 3 rings (SSSR count). The van der Waals surface area contributed by atoms with Gasteiger partial charge in [-0.1, -0.05) is 18.2 Å². The first kappa shape index (κ1) is 20.2. The summed E-state index contributed by atoms with van der Waals surface area (Å²) in [5.41, 5.74) is 0.612. The van der Waals surface area contributed by atoms with E-state index < -0.39 is 0 Å². The smallest absolute Gasteiger partial charge is 0.260 e. The van der Waals surface area contributed by atoms with Gasteiger partial charge in [-0.2, -0.15) is 0 Å². The van der Waals surface area contributed by atoms with Crippen molar-refractivity contribution in [3.05, 3.63) is 54.2 Å². The molecule has 2 aromatic rings. The molecule has 0 unspecified atom stereocenters. The molecule has 2 heterocycles. The van der Waals surface area contributed by atoms with Gasteiger partial charge in [0.25, 0.3) is 11.8 Å². The predicted molar refractivity (Wildman–Crippen MR) is 110 cm³/mol. The highest BCUT2D eigenvalue weighted by atomic mass is 32.2. The number of nitrogens with zero attached hydrogens (tertiary/aromatic N) is 2. The molecule has 0 aliphatic carbocycles. The summed E-state index contributed by atoms with van der Waals surface area (Å²) in [4.78, 5) is 30.8. The van der Waals surface area contributed by atoms with Crippen LogP contribution in [0.25, 0.3) is 0 Å². The van der Waals surface area contributed by atoms with E-state index in [1.807, 2.05) is 41.5 Å². The van der Waals surface area contributed by atoms with Gasteiger partial charge in [0.2, 0.25) is 0 Å². The molecule has 0 spiro atoms. The zero-order chi connectivity index (χ0) is 19.8. The normalized spacial score (nSPS) is 14.5. The van der Waals surface area contributed by atoms with Crippen molar-refractivity contribution in [1.29, 1.82) is 0 Å². The van der Waals surface area contributed by atoms with Crippen LogP contribution in [0.2, 0.25) is 0 Å². The molecule has 1 aromatic heterocycles. The highest BCUT2D eigenvalue weighted by Gasteiger charge is 2.23. The van der Waals surface area contributed by atoms with Crippen molar-refractivity contribution in [1.82, 2.24) is 15.2 Å². The summed E-state index contributed by atoms with van der Waals surface area (Å²) in [5, 5.41) is 3.75. The van der Waals surface area contributed by atoms with Crippen molar-refractivity contribution in [2.24, 2.45) is 5.92 Å². The van der Waals surface area contributed by atoms with E-state index in [0.717, 1.165) is 17.9 Å².